The average molecular weight is 409 g/mol. The molecule has 30 heavy (non-hydrogen) atoms. The molecule has 1 amide bonds. The number of hydrogen-bond acceptors (Lipinski definition) is 7. The van der Waals surface area contributed by atoms with Crippen molar-refractivity contribution in [2.75, 3.05) is 25.4 Å². The van der Waals surface area contributed by atoms with Crippen LogP contribution in [0.4, 0.5) is 5.95 Å². The molecule has 1 N–H and O–H groups in total. The zero-order chi connectivity index (χ0) is 23.2. The Balaban J connectivity index is 1.50. The highest BCUT2D eigenvalue weighted by Gasteiger charge is 2.22. The van der Waals surface area contributed by atoms with Crippen molar-refractivity contribution in [3.05, 3.63) is 36.9 Å². The maximum atomic E-state index is 11.6. The maximum Gasteiger partial charge on any atom is 0.244 e. The van der Waals surface area contributed by atoms with Gasteiger partial charge >= 0.3 is 0 Å². The number of nitrogens with zero attached hydrogens (tertiary/aromatic N) is 7. The highest BCUT2D eigenvalue weighted by atomic mass is 16.5. The number of methoxy groups -OCH3 is 1. The summed E-state index contributed by atoms with van der Waals surface area (Å²) in [6, 6.07) is 5.57. The number of hydrogen-bond donors (Lipinski definition) is 1. The van der Waals surface area contributed by atoms with Crippen molar-refractivity contribution in [1.29, 1.82) is 0 Å². The second kappa shape index (κ2) is 7.29. The molecule has 0 bridgehead atoms. The van der Waals surface area contributed by atoms with E-state index in [1.807, 2.05) is 18.2 Å². The standard InChI is InChI=1S/C20H22N8O2/c1-13(29)26-8-5-15(6-9-26)23-20-24-19(30-2)18-16(7-10-27(18)25-20)14-3-4-17-21-12-22-28(17)11-14/h3-4,7,10-12,15H,5-6,8-9H2,1-2H3,(H,23,25)/i2D3. The van der Waals surface area contributed by atoms with E-state index in [0.29, 0.717) is 29.8 Å². The van der Waals surface area contributed by atoms with E-state index in [1.54, 1.807) is 33.2 Å². The predicted octanol–water partition coefficient (Wildman–Crippen LogP) is 1.87. The highest BCUT2D eigenvalue weighted by molar-refractivity contribution is 5.84. The Bertz CT molecular complexity index is 1320. The summed E-state index contributed by atoms with van der Waals surface area (Å²) in [7, 11) is -2.68. The van der Waals surface area contributed by atoms with Crippen molar-refractivity contribution in [2.45, 2.75) is 25.8 Å². The van der Waals surface area contributed by atoms with Gasteiger partial charge in [0.15, 0.2) is 5.65 Å². The summed E-state index contributed by atoms with van der Waals surface area (Å²) in [6.45, 7) is 2.85. The minimum absolute atomic E-state index is 0.0487. The maximum absolute atomic E-state index is 11.6. The second-order valence-corrected chi connectivity index (χ2v) is 7.27. The Morgan fingerprint density at radius 3 is 2.93 bits per heavy atom. The van der Waals surface area contributed by atoms with Crippen LogP contribution in [0.1, 0.15) is 23.9 Å². The van der Waals surface area contributed by atoms with Crippen LogP contribution < -0.4 is 10.1 Å². The van der Waals surface area contributed by atoms with Crippen molar-refractivity contribution in [2.24, 2.45) is 0 Å². The molecular formula is C20H22N8O2. The van der Waals surface area contributed by atoms with Crippen LogP contribution in [-0.4, -0.2) is 66.2 Å². The molecule has 4 aromatic heterocycles. The Hall–Kier alpha value is -3.69. The third kappa shape index (κ3) is 3.19. The second-order valence-electron chi connectivity index (χ2n) is 7.27. The molecule has 5 rings (SSSR count). The highest BCUT2D eigenvalue weighted by Crippen LogP contribution is 2.31. The molecule has 0 radical (unpaired) electrons. The number of rotatable bonds is 4. The lowest BCUT2D eigenvalue weighted by Gasteiger charge is -2.31. The van der Waals surface area contributed by atoms with Gasteiger partial charge in [0.05, 0.1) is 11.2 Å². The fourth-order valence-corrected chi connectivity index (χ4v) is 3.85. The summed E-state index contributed by atoms with van der Waals surface area (Å²) in [5, 5.41) is 11.9. The molecule has 0 saturated carbocycles. The van der Waals surface area contributed by atoms with E-state index in [9.17, 15) is 4.79 Å². The van der Waals surface area contributed by atoms with E-state index in [4.69, 9.17) is 8.85 Å². The summed E-state index contributed by atoms with van der Waals surface area (Å²) in [5.74, 6) is 0.271. The van der Waals surface area contributed by atoms with Gasteiger partial charge in [-0.3, -0.25) is 4.79 Å². The molecule has 0 atom stereocenters. The van der Waals surface area contributed by atoms with E-state index in [2.05, 4.69) is 25.5 Å². The Kier molecular flexibility index (Phi) is 3.69. The number of carbonyl (C=O) groups excluding carboxylic acids is 1. The summed E-state index contributed by atoms with van der Waals surface area (Å²) in [4.78, 5) is 21.9. The number of ether oxygens (including phenoxy) is 1. The summed E-state index contributed by atoms with van der Waals surface area (Å²) in [6.07, 6.45) is 6.47. The summed E-state index contributed by atoms with van der Waals surface area (Å²) < 4.78 is 31.3. The fraction of sp³-hybridized carbons (Fsp3) is 0.350. The predicted molar refractivity (Wildman–Crippen MR) is 110 cm³/mol. The minimum Gasteiger partial charge on any atom is -0.479 e. The van der Waals surface area contributed by atoms with Crippen LogP contribution in [0.3, 0.4) is 0 Å². The van der Waals surface area contributed by atoms with Gasteiger partial charge in [-0.2, -0.15) is 10.1 Å². The normalized spacial score (nSPS) is 17.0. The molecule has 10 heteroatoms. The van der Waals surface area contributed by atoms with Gasteiger partial charge in [0.1, 0.15) is 11.8 Å². The molecule has 5 heterocycles. The van der Waals surface area contributed by atoms with Gasteiger partial charge in [0, 0.05) is 49.6 Å². The van der Waals surface area contributed by atoms with Crippen LogP contribution in [0.2, 0.25) is 0 Å². The average Bonchev–Trinajstić information content (AvgIpc) is 3.39. The molecule has 0 spiro atoms. The zero-order valence-corrected chi connectivity index (χ0v) is 16.3. The number of aromatic nitrogens is 6. The van der Waals surface area contributed by atoms with Gasteiger partial charge in [-0.25, -0.2) is 14.0 Å². The molecule has 4 aromatic rings. The van der Waals surface area contributed by atoms with Crippen LogP contribution in [0.15, 0.2) is 36.9 Å². The molecule has 0 aliphatic carbocycles. The molecule has 0 unspecified atom stereocenters. The van der Waals surface area contributed by atoms with E-state index >= 15 is 0 Å². The molecule has 1 aliphatic rings. The van der Waals surface area contributed by atoms with Crippen LogP contribution in [0, 0.1) is 0 Å². The van der Waals surface area contributed by atoms with E-state index in [1.165, 1.54) is 6.33 Å². The SMILES string of the molecule is [2H]C([2H])([2H])Oc1nc(NC2CCN(C(C)=O)CC2)nn2ccc(-c3ccc4ncnn4c3)c12. The first-order chi connectivity index (χ1) is 15.8. The number of anilines is 1. The van der Waals surface area contributed by atoms with Crippen molar-refractivity contribution >= 4 is 23.0 Å². The topological polar surface area (TPSA) is 102 Å². The molecule has 1 saturated heterocycles. The fourth-order valence-electron chi connectivity index (χ4n) is 3.85. The van der Waals surface area contributed by atoms with Gasteiger partial charge in [0.25, 0.3) is 0 Å². The molecule has 0 aromatic carbocycles. The molecule has 154 valence electrons. The van der Waals surface area contributed by atoms with E-state index in [-0.39, 0.29) is 23.8 Å². The van der Waals surface area contributed by atoms with Crippen molar-refractivity contribution in [3.8, 4) is 17.0 Å². The minimum atomic E-state index is -2.68. The summed E-state index contributed by atoms with van der Waals surface area (Å²) in [5.41, 5.74) is 2.61. The number of carbonyl (C=O) groups is 1. The molecule has 1 aliphatic heterocycles. The lowest BCUT2D eigenvalue weighted by molar-refractivity contribution is -0.129. The van der Waals surface area contributed by atoms with Crippen LogP contribution >= 0.6 is 0 Å². The monoisotopic (exact) mass is 409 g/mol. The third-order valence-electron chi connectivity index (χ3n) is 5.43. The lowest BCUT2D eigenvalue weighted by Crippen LogP contribution is -2.41. The molecular weight excluding hydrogens is 384 g/mol. The largest absolute Gasteiger partial charge is 0.479 e. The number of amides is 1. The first kappa shape index (κ1) is 15.2. The van der Waals surface area contributed by atoms with Crippen molar-refractivity contribution in [1.82, 2.24) is 34.1 Å². The van der Waals surface area contributed by atoms with Gasteiger partial charge in [0.2, 0.25) is 17.7 Å². The Morgan fingerprint density at radius 2 is 2.13 bits per heavy atom. The number of fused-ring (bicyclic) bond motifs is 2. The van der Waals surface area contributed by atoms with E-state index < -0.39 is 7.04 Å². The zero-order valence-electron chi connectivity index (χ0n) is 19.3. The van der Waals surface area contributed by atoms with Crippen LogP contribution in [0.25, 0.3) is 22.3 Å². The quantitative estimate of drug-likeness (QED) is 0.549. The number of pyridine rings is 1. The van der Waals surface area contributed by atoms with Crippen molar-refractivity contribution < 1.29 is 13.6 Å². The lowest BCUT2D eigenvalue weighted by atomic mass is 10.1. The molecule has 10 nitrogen and oxygen atoms in total. The molecule has 1 fully saturated rings. The number of piperidine rings is 1. The van der Waals surface area contributed by atoms with Crippen LogP contribution in [0.5, 0.6) is 5.88 Å². The summed E-state index contributed by atoms with van der Waals surface area (Å²) >= 11 is 0. The van der Waals surface area contributed by atoms with Crippen molar-refractivity contribution in [3.63, 3.8) is 0 Å². The number of likely N-dealkylation sites (tertiary alicyclic amines) is 1. The Labute approximate surface area is 176 Å². The first-order valence-corrected chi connectivity index (χ1v) is 9.67. The van der Waals surface area contributed by atoms with Crippen LogP contribution in [-0.2, 0) is 4.79 Å². The van der Waals surface area contributed by atoms with E-state index in [0.717, 1.165) is 18.4 Å². The Morgan fingerprint density at radius 1 is 1.27 bits per heavy atom. The number of nitrogens with one attached hydrogen (secondary N) is 1. The third-order valence-corrected chi connectivity index (χ3v) is 5.43. The van der Waals surface area contributed by atoms with Gasteiger partial charge in [-0.05, 0) is 31.0 Å². The van der Waals surface area contributed by atoms with Gasteiger partial charge in [-0.1, -0.05) is 0 Å². The van der Waals surface area contributed by atoms with Gasteiger partial charge in [-0.15, -0.1) is 5.10 Å². The smallest absolute Gasteiger partial charge is 0.244 e. The first-order valence-electron chi connectivity index (χ1n) is 11.2. The van der Waals surface area contributed by atoms with Gasteiger partial charge < -0.3 is 15.0 Å².